The maximum atomic E-state index is 11.1. The molecule has 4 nitrogen and oxygen atoms in total. The lowest BCUT2D eigenvalue weighted by atomic mass is 10.1. The van der Waals surface area contributed by atoms with Crippen molar-refractivity contribution in [2.24, 2.45) is 0 Å². The highest BCUT2D eigenvalue weighted by molar-refractivity contribution is 8.15. The molecule has 0 aromatic rings. The van der Waals surface area contributed by atoms with Crippen LogP contribution < -0.4 is 10.6 Å². The third-order valence-corrected chi connectivity index (χ3v) is 2.57. The second-order valence-electron chi connectivity index (χ2n) is 4.01. The number of rotatable bonds is 2. The summed E-state index contributed by atoms with van der Waals surface area (Å²) < 4.78 is 0. The van der Waals surface area contributed by atoms with Crippen LogP contribution in [0.4, 0.5) is 4.79 Å². The molecule has 0 spiro atoms. The van der Waals surface area contributed by atoms with Crippen LogP contribution in [-0.4, -0.2) is 28.5 Å². The summed E-state index contributed by atoms with van der Waals surface area (Å²) in [6.45, 7) is 6.59. The van der Waals surface area contributed by atoms with Crippen molar-refractivity contribution in [3.8, 4) is 0 Å². The van der Waals surface area contributed by atoms with Gasteiger partial charge < -0.3 is 5.32 Å². The van der Waals surface area contributed by atoms with Crippen molar-refractivity contribution < 1.29 is 9.59 Å². The topological polar surface area (TPSA) is 58.2 Å². The molecule has 1 atom stereocenters. The number of imide groups is 1. The van der Waals surface area contributed by atoms with Gasteiger partial charge in [0, 0.05) is 12.1 Å². The van der Waals surface area contributed by atoms with Crippen LogP contribution in [0.3, 0.4) is 0 Å². The Kier molecular flexibility index (Phi) is 2.98. The molecule has 1 aliphatic heterocycles. The minimum absolute atomic E-state index is 0.0214. The van der Waals surface area contributed by atoms with Gasteiger partial charge in [-0.3, -0.25) is 14.9 Å². The maximum Gasteiger partial charge on any atom is 0.286 e. The van der Waals surface area contributed by atoms with Crippen molar-refractivity contribution in [2.75, 3.05) is 6.54 Å². The summed E-state index contributed by atoms with van der Waals surface area (Å²) >= 11 is 1.05. The molecule has 0 saturated carbocycles. The summed E-state index contributed by atoms with van der Waals surface area (Å²) in [6, 6.07) is 0. The number of nitrogens with one attached hydrogen (secondary N) is 2. The van der Waals surface area contributed by atoms with Crippen molar-refractivity contribution in [2.45, 2.75) is 31.6 Å². The Morgan fingerprint density at radius 2 is 2.08 bits per heavy atom. The molecular weight excluding hydrogens is 188 g/mol. The smallest absolute Gasteiger partial charge is 0.286 e. The standard InChI is InChI=1S/C8H14N2O2S/c1-8(2,3)9-4-5-6(11)10-7(12)13-5/h5,9H,4H2,1-3H3,(H,10,11,12). The second-order valence-corrected chi connectivity index (χ2v) is 5.19. The summed E-state index contributed by atoms with van der Waals surface area (Å²) in [5, 5.41) is 4.91. The number of thioether (sulfide) groups is 1. The van der Waals surface area contributed by atoms with Crippen molar-refractivity contribution in [1.29, 1.82) is 0 Å². The van der Waals surface area contributed by atoms with Crippen LogP contribution >= 0.6 is 11.8 Å². The molecule has 1 rings (SSSR count). The predicted molar refractivity (Wildman–Crippen MR) is 52.7 cm³/mol. The van der Waals surface area contributed by atoms with E-state index in [9.17, 15) is 9.59 Å². The fraction of sp³-hybridized carbons (Fsp3) is 0.750. The van der Waals surface area contributed by atoms with Gasteiger partial charge in [-0.15, -0.1) is 0 Å². The van der Waals surface area contributed by atoms with E-state index in [1.807, 2.05) is 20.8 Å². The van der Waals surface area contributed by atoms with Crippen LogP contribution in [0.15, 0.2) is 0 Å². The minimum atomic E-state index is -0.272. The molecule has 74 valence electrons. The molecular formula is C8H14N2O2S. The van der Waals surface area contributed by atoms with E-state index in [2.05, 4.69) is 10.6 Å². The van der Waals surface area contributed by atoms with Gasteiger partial charge in [-0.1, -0.05) is 0 Å². The first-order chi connectivity index (χ1) is 5.88. The number of hydrogen-bond acceptors (Lipinski definition) is 4. The highest BCUT2D eigenvalue weighted by Gasteiger charge is 2.31. The molecule has 5 heteroatoms. The lowest BCUT2D eigenvalue weighted by Crippen LogP contribution is -2.42. The zero-order valence-corrected chi connectivity index (χ0v) is 8.83. The first-order valence-electron chi connectivity index (χ1n) is 4.15. The fourth-order valence-electron chi connectivity index (χ4n) is 0.927. The molecule has 1 aliphatic rings. The highest BCUT2D eigenvalue weighted by atomic mass is 32.2. The first-order valence-corrected chi connectivity index (χ1v) is 5.03. The number of carbonyl (C=O) groups excluding carboxylic acids is 2. The van der Waals surface area contributed by atoms with E-state index in [1.165, 1.54) is 0 Å². The lowest BCUT2D eigenvalue weighted by Gasteiger charge is -2.21. The Morgan fingerprint density at radius 3 is 2.46 bits per heavy atom. The largest absolute Gasteiger partial charge is 0.310 e. The van der Waals surface area contributed by atoms with Gasteiger partial charge in [0.15, 0.2) is 0 Å². The van der Waals surface area contributed by atoms with E-state index >= 15 is 0 Å². The van der Waals surface area contributed by atoms with E-state index in [1.54, 1.807) is 0 Å². The SMILES string of the molecule is CC(C)(C)NCC1SC(=O)NC1=O. The van der Waals surface area contributed by atoms with Gasteiger partial charge in [0.25, 0.3) is 5.24 Å². The zero-order chi connectivity index (χ0) is 10.1. The molecule has 2 N–H and O–H groups in total. The third-order valence-electron chi connectivity index (χ3n) is 1.58. The van der Waals surface area contributed by atoms with Gasteiger partial charge in [-0.2, -0.15) is 0 Å². The fourth-order valence-corrected chi connectivity index (χ4v) is 1.68. The Morgan fingerprint density at radius 1 is 1.46 bits per heavy atom. The quantitative estimate of drug-likeness (QED) is 0.693. The summed E-state index contributed by atoms with van der Waals surface area (Å²) in [7, 11) is 0. The van der Waals surface area contributed by atoms with Crippen LogP contribution in [0.2, 0.25) is 0 Å². The molecule has 1 saturated heterocycles. The summed E-state index contributed by atoms with van der Waals surface area (Å²) in [4.78, 5) is 21.9. The monoisotopic (exact) mass is 202 g/mol. The van der Waals surface area contributed by atoms with Crippen molar-refractivity contribution in [1.82, 2.24) is 10.6 Å². The lowest BCUT2D eigenvalue weighted by molar-refractivity contribution is -0.118. The van der Waals surface area contributed by atoms with E-state index in [-0.39, 0.29) is 21.9 Å². The van der Waals surface area contributed by atoms with E-state index < -0.39 is 0 Å². The second kappa shape index (κ2) is 3.67. The zero-order valence-electron chi connectivity index (χ0n) is 8.01. The molecule has 1 unspecified atom stereocenters. The maximum absolute atomic E-state index is 11.1. The van der Waals surface area contributed by atoms with Crippen LogP contribution in [0.25, 0.3) is 0 Å². The number of carbonyl (C=O) groups is 2. The van der Waals surface area contributed by atoms with E-state index in [0.29, 0.717) is 6.54 Å². The van der Waals surface area contributed by atoms with Gasteiger partial charge in [0.1, 0.15) is 5.25 Å². The van der Waals surface area contributed by atoms with Crippen LogP contribution in [0.1, 0.15) is 20.8 Å². The highest BCUT2D eigenvalue weighted by Crippen LogP contribution is 2.18. The molecule has 0 aromatic heterocycles. The predicted octanol–water partition coefficient (Wildman–Crippen LogP) is 0.726. The third kappa shape index (κ3) is 3.36. The van der Waals surface area contributed by atoms with Crippen LogP contribution in [-0.2, 0) is 4.79 Å². The molecule has 0 bridgehead atoms. The average molecular weight is 202 g/mol. The molecule has 0 aliphatic carbocycles. The Labute approximate surface area is 81.8 Å². The Balaban J connectivity index is 2.38. The number of amides is 2. The molecule has 1 heterocycles. The van der Waals surface area contributed by atoms with Gasteiger partial charge in [-0.05, 0) is 32.5 Å². The normalized spacial score (nSPS) is 23.5. The first kappa shape index (κ1) is 10.5. The van der Waals surface area contributed by atoms with Crippen molar-refractivity contribution >= 4 is 22.9 Å². The summed E-state index contributed by atoms with van der Waals surface area (Å²) in [5.74, 6) is -0.188. The van der Waals surface area contributed by atoms with E-state index in [4.69, 9.17) is 0 Å². The van der Waals surface area contributed by atoms with Gasteiger partial charge in [-0.25, -0.2) is 0 Å². The average Bonchev–Trinajstić information content (AvgIpc) is 2.24. The molecule has 1 fully saturated rings. The van der Waals surface area contributed by atoms with Gasteiger partial charge in [0.05, 0.1) is 0 Å². The van der Waals surface area contributed by atoms with Crippen LogP contribution in [0, 0.1) is 0 Å². The Hall–Kier alpha value is -0.550. The minimum Gasteiger partial charge on any atom is -0.310 e. The van der Waals surface area contributed by atoms with Gasteiger partial charge in [0.2, 0.25) is 5.91 Å². The number of hydrogen-bond donors (Lipinski definition) is 2. The Bertz CT molecular complexity index is 235. The molecule has 0 aromatic carbocycles. The molecule has 0 radical (unpaired) electrons. The van der Waals surface area contributed by atoms with E-state index in [0.717, 1.165) is 11.8 Å². The van der Waals surface area contributed by atoms with Crippen molar-refractivity contribution in [3.63, 3.8) is 0 Å². The molecule has 2 amide bonds. The summed E-state index contributed by atoms with van der Waals surface area (Å²) in [5.41, 5.74) is -0.0214. The van der Waals surface area contributed by atoms with Crippen molar-refractivity contribution in [3.05, 3.63) is 0 Å². The summed E-state index contributed by atoms with van der Waals surface area (Å²) in [6.07, 6.45) is 0. The van der Waals surface area contributed by atoms with Gasteiger partial charge >= 0.3 is 0 Å². The molecule has 13 heavy (non-hydrogen) atoms. The van der Waals surface area contributed by atoms with Crippen LogP contribution in [0.5, 0.6) is 0 Å².